The molecule has 0 aliphatic rings. The molecule has 0 aliphatic carbocycles. The van der Waals surface area contributed by atoms with E-state index in [4.69, 9.17) is 10.5 Å². The molecule has 1 aromatic rings. The standard InChI is InChI=1S/C15H25FN2O/c1-3-18(11-12-19-4-2)10-9-15(17)13-5-7-14(16)8-6-13/h5-8,15H,3-4,9-12,17H2,1-2H3. The molecule has 0 radical (unpaired) electrons. The first-order chi connectivity index (χ1) is 9.17. The molecule has 0 bridgehead atoms. The van der Waals surface area contributed by atoms with Gasteiger partial charge in [0, 0.05) is 25.7 Å². The van der Waals surface area contributed by atoms with E-state index >= 15 is 0 Å². The first-order valence-corrected chi connectivity index (χ1v) is 6.98. The molecule has 108 valence electrons. The highest BCUT2D eigenvalue weighted by atomic mass is 19.1. The Morgan fingerprint density at radius 1 is 1.21 bits per heavy atom. The van der Waals surface area contributed by atoms with Gasteiger partial charge in [-0.3, -0.25) is 0 Å². The number of hydrogen-bond donors (Lipinski definition) is 1. The van der Waals surface area contributed by atoms with Gasteiger partial charge in [-0.25, -0.2) is 4.39 Å². The molecule has 1 unspecified atom stereocenters. The highest BCUT2D eigenvalue weighted by Gasteiger charge is 2.09. The predicted octanol–water partition coefficient (Wildman–Crippen LogP) is 2.57. The van der Waals surface area contributed by atoms with Crippen LogP contribution < -0.4 is 5.73 Å². The molecule has 19 heavy (non-hydrogen) atoms. The number of nitrogens with two attached hydrogens (primary N) is 1. The molecule has 1 atom stereocenters. The van der Waals surface area contributed by atoms with Crippen molar-refractivity contribution < 1.29 is 9.13 Å². The van der Waals surface area contributed by atoms with Gasteiger partial charge in [-0.1, -0.05) is 19.1 Å². The number of hydrogen-bond acceptors (Lipinski definition) is 3. The van der Waals surface area contributed by atoms with Crippen molar-refractivity contribution in [2.45, 2.75) is 26.3 Å². The van der Waals surface area contributed by atoms with Gasteiger partial charge in [0.2, 0.25) is 0 Å². The maximum Gasteiger partial charge on any atom is 0.123 e. The minimum Gasteiger partial charge on any atom is -0.380 e. The van der Waals surface area contributed by atoms with E-state index in [-0.39, 0.29) is 11.9 Å². The van der Waals surface area contributed by atoms with E-state index in [1.807, 2.05) is 6.92 Å². The number of benzene rings is 1. The second-order valence-electron chi connectivity index (χ2n) is 4.58. The summed E-state index contributed by atoms with van der Waals surface area (Å²) in [5.74, 6) is -0.220. The second kappa shape index (κ2) is 9.02. The van der Waals surface area contributed by atoms with Gasteiger partial charge in [0.05, 0.1) is 6.61 Å². The quantitative estimate of drug-likeness (QED) is 0.700. The lowest BCUT2D eigenvalue weighted by molar-refractivity contribution is 0.114. The molecule has 0 heterocycles. The van der Waals surface area contributed by atoms with Gasteiger partial charge < -0.3 is 15.4 Å². The second-order valence-corrected chi connectivity index (χ2v) is 4.58. The van der Waals surface area contributed by atoms with Gasteiger partial charge in [0.25, 0.3) is 0 Å². The summed E-state index contributed by atoms with van der Waals surface area (Å²) in [6.07, 6.45) is 0.867. The normalized spacial score (nSPS) is 12.9. The van der Waals surface area contributed by atoms with Crippen LogP contribution in [0.2, 0.25) is 0 Å². The lowest BCUT2D eigenvalue weighted by Gasteiger charge is -2.22. The average Bonchev–Trinajstić information content (AvgIpc) is 2.43. The molecule has 2 N–H and O–H groups in total. The van der Waals surface area contributed by atoms with Crippen molar-refractivity contribution in [2.75, 3.05) is 32.8 Å². The van der Waals surface area contributed by atoms with Gasteiger partial charge in [-0.2, -0.15) is 0 Å². The third-order valence-corrected chi connectivity index (χ3v) is 3.26. The maximum absolute atomic E-state index is 12.8. The summed E-state index contributed by atoms with van der Waals surface area (Å²) >= 11 is 0. The van der Waals surface area contributed by atoms with Crippen molar-refractivity contribution in [2.24, 2.45) is 5.73 Å². The highest BCUT2D eigenvalue weighted by molar-refractivity contribution is 5.19. The Balaban J connectivity index is 2.34. The van der Waals surface area contributed by atoms with Crippen LogP contribution in [0.15, 0.2) is 24.3 Å². The molecule has 3 nitrogen and oxygen atoms in total. The van der Waals surface area contributed by atoms with Crippen LogP contribution in [0.3, 0.4) is 0 Å². The van der Waals surface area contributed by atoms with Crippen molar-refractivity contribution in [1.82, 2.24) is 4.90 Å². The summed E-state index contributed by atoms with van der Waals surface area (Å²) in [6.45, 7) is 8.50. The van der Waals surface area contributed by atoms with Crippen LogP contribution >= 0.6 is 0 Å². The Morgan fingerprint density at radius 3 is 2.47 bits per heavy atom. The fourth-order valence-corrected chi connectivity index (χ4v) is 1.96. The minimum atomic E-state index is -0.220. The van der Waals surface area contributed by atoms with Gasteiger partial charge >= 0.3 is 0 Å². The van der Waals surface area contributed by atoms with Gasteiger partial charge in [0.1, 0.15) is 5.82 Å². The smallest absolute Gasteiger partial charge is 0.123 e. The van der Waals surface area contributed by atoms with Crippen LogP contribution in [0.25, 0.3) is 0 Å². The summed E-state index contributed by atoms with van der Waals surface area (Å²) in [7, 11) is 0. The monoisotopic (exact) mass is 268 g/mol. The van der Waals surface area contributed by atoms with Crippen molar-refractivity contribution in [1.29, 1.82) is 0 Å². The Labute approximate surface area is 115 Å². The first kappa shape index (κ1) is 16.1. The zero-order chi connectivity index (χ0) is 14.1. The molecule has 1 rings (SSSR count). The van der Waals surface area contributed by atoms with Gasteiger partial charge in [0.15, 0.2) is 0 Å². The SMILES string of the molecule is CCOCCN(CC)CCC(N)c1ccc(F)cc1. The topological polar surface area (TPSA) is 38.5 Å². The minimum absolute atomic E-state index is 0.0401. The molecule has 0 fully saturated rings. The van der Waals surface area contributed by atoms with E-state index in [0.717, 1.165) is 44.8 Å². The molecule has 0 saturated heterocycles. The molecule has 0 aromatic heterocycles. The highest BCUT2D eigenvalue weighted by Crippen LogP contribution is 2.14. The number of nitrogens with zero attached hydrogens (tertiary/aromatic N) is 1. The van der Waals surface area contributed by atoms with E-state index in [2.05, 4.69) is 11.8 Å². The molecule has 1 aromatic carbocycles. The van der Waals surface area contributed by atoms with E-state index in [9.17, 15) is 4.39 Å². The van der Waals surface area contributed by atoms with E-state index in [1.165, 1.54) is 12.1 Å². The zero-order valence-corrected chi connectivity index (χ0v) is 11.9. The lowest BCUT2D eigenvalue weighted by atomic mass is 10.0. The third kappa shape index (κ3) is 6.14. The third-order valence-electron chi connectivity index (χ3n) is 3.26. The number of rotatable bonds is 9. The summed E-state index contributed by atoms with van der Waals surface area (Å²) in [4.78, 5) is 2.32. The van der Waals surface area contributed by atoms with Crippen molar-refractivity contribution in [3.63, 3.8) is 0 Å². The first-order valence-electron chi connectivity index (χ1n) is 6.98. The molecular formula is C15H25FN2O. The Hall–Kier alpha value is -0.970. The zero-order valence-electron chi connectivity index (χ0n) is 11.9. The average molecular weight is 268 g/mol. The van der Waals surface area contributed by atoms with Crippen LogP contribution in [-0.4, -0.2) is 37.7 Å². The fraction of sp³-hybridized carbons (Fsp3) is 0.600. The largest absolute Gasteiger partial charge is 0.380 e. The van der Waals surface area contributed by atoms with Crippen LogP contribution in [0, 0.1) is 5.82 Å². The Kier molecular flexibility index (Phi) is 7.63. The summed E-state index contributed by atoms with van der Waals surface area (Å²) < 4.78 is 18.2. The molecular weight excluding hydrogens is 243 g/mol. The molecule has 4 heteroatoms. The van der Waals surface area contributed by atoms with E-state index in [1.54, 1.807) is 12.1 Å². The maximum atomic E-state index is 12.8. The van der Waals surface area contributed by atoms with Gasteiger partial charge in [-0.15, -0.1) is 0 Å². The van der Waals surface area contributed by atoms with Crippen molar-refractivity contribution in [3.05, 3.63) is 35.6 Å². The van der Waals surface area contributed by atoms with Crippen LogP contribution in [-0.2, 0) is 4.74 Å². The Morgan fingerprint density at radius 2 is 1.89 bits per heavy atom. The number of ether oxygens (including phenoxy) is 1. The summed E-state index contributed by atoms with van der Waals surface area (Å²) in [5, 5.41) is 0. The number of likely N-dealkylation sites (N-methyl/N-ethyl adjacent to an activating group) is 1. The molecule has 0 amide bonds. The van der Waals surface area contributed by atoms with Crippen molar-refractivity contribution >= 4 is 0 Å². The summed E-state index contributed by atoms with van der Waals surface area (Å²) in [6, 6.07) is 6.40. The van der Waals surface area contributed by atoms with E-state index in [0.29, 0.717) is 0 Å². The van der Waals surface area contributed by atoms with Crippen LogP contribution in [0.5, 0.6) is 0 Å². The van der Waals surface area contributed by atoms with Gasteiger partial charge in [-0.05, 0) is 37.6 Å². The summed E-state index contributed by atoms with van der Waals surface area (Å²) in [5.41, 5.74) is 7.11. The fourth-order valence-electron chi connectivity index (χ4n) is 1.96. The van der Waals surface area contributed by atoms with Crippen molar-refractivity contribution in [3.8, 4) is 0 Å². The van der Waals surface area contributed by atoms with Crippen LogP contribution in [0.1, 0.15) is 31.9 Å². The molecule has 0 saturated carbocycles. The lowest BCUT2D eigenvalue weighted by Crippen LogP contribution is -2.30. The number of halogens is 1. The Bertz CT molecular complexity index is 343. The predicted molar refractivity (Wildman–Crippen MR) is 76.6 cm³/mol. The van der Waals surface area contributed by atoms with E-state index < -0.39 is 0 Å². The molecule has 0 spiro atoms. The molecule has 0 aliphatic heterocycles. The van der Waals surface area contributed by atoms with Crippen LogP contribution in [0.4, 0.5) is 4.39 Å².